The van der Waals surface area contributed by atoms with Gasteiger partial charge < -0.3 is 11.1 Å². The quantitative estimate of drug-likeness (QED) is 0.746. The Kier molecular flexibility index (Phi) is 8.00. The number of sulfonamides is 1. The van der Waals surface area contributed by atoms with Crippen LogP contribution in [0.15, 0.2) is 65.6 Å². The van der Waals surface area contributed by atoms with Crippen LogP contribution in [-0.4, -0.2) is 37.8 Å². The molecule has 28 heavy (non-hydrogen) atoms. The third-order valence-electron chi connectivity index (χ3n) is 4.83. The van der Waals surface area contributed by atoms with Crippen LogP contribution in [-0.2, 0) is 14.8 Å². The van der Waals surface area contributed by atoms with Gasteiger partial charge in [0.2, 0.25) is 15.9 Å². The topological polar surface area (TPSA) is 92.5 Å². The molecule has 3 rings (SSSR count). The Morgan fingerprint density at radius 1 is 1.07 bits per heavy atom. The molecule has 3 N–H and O–H groups in total. The summed E-state index contributed by atoms with van der Waals surface area (Å²) in [5.41, 5.74) is 7.06. The maximum Gasteiger partial charge on any atom is 0.243 e. The van der Waals surface area contributed by atoms with Gasteiger partial charge in [-0.1, -0.05) is 55.0 Å². The van der Waals surface area contributed by atoms with Gasteiger partial charge in [0.25, 0.3) is 0 Å². The summed E-state index contributed by atoms with van der Waals surface area (Å²) in [7, 11) is -3.71. The monoisotopic (exact) mass is 423 g/mol. The van der Waals surface area contributed by atoms with Crippen LogP contribution in [0.25, 0.3) is 0 Å². The first kappa shape index (κ1) is 22.4. The largest absolute Gasteiger partial charge is 0.353 e. The van der Waals surface area contributed by atoms with Crippen LogP contribution in [0.2, 0.25) is 0 Å². The molecule has 0 spiro atoms. The average molecular weight is 424 g/mol. The van der Waals surface area contributed by atoms with Crippen molar-refractivity contribution in [3.63, 3.8) is 0 Å². The number of benzene rings is 2. The van der Waals surface area contributed by atoms with Crippen LogP contribution in [0.4, 0.5) is 0 Å². The highest BCUT2D eigenvalue weighted by molar-refractivity contribution is 7.89. The summed E-state index contributed by atoms with van der Waals surface area (Å²) in [6.45, 7) is 0.610. The van der Waals surface area contributed by atoms with Gasteiger partial charge in [-0.3, -0.25) is 4.79 Å². The number of rotatable bonds is 6. The van der Waals surface area contributed by atoms with Gasteiger partial charge in [-0.15, -0.1) is 12.4 Å². The fraction of sp³-hybridized carbons (Fsp3) is 0.350. The highest BCUT2D eigenvalue weighted by Crippen LogP contribution is 2.25. The molecule has 2 aromatic carbocycles. The van der Waals surface area contributed by atoms with Crippen molar-refractivity contribution < 1.29 is 13.2 Å². The average Bonchev–Trinajstić information content (AvgIpc) is 2.73. The molecule has 0 bridgehead atoms. The van der Waals surface area contributed by atoms with Crippen LogP contribution in [0, 0.1) is 0 Å². The van der Waals surface area contributed by atoms with Gasteiger partial charge in [0.05, 0.1) is 4.90 Å². The zero-order valence-corrected chi connectivity index (χ0v) is 17.2. The lowest BCUT2D eigenvalue weighted by Gasteiger charge is -2.33. The van der Waals surface area contributed by atoms with Crippen molar-refractivity contribution in [3.05, 3.63) is 66.2 Å². The van der Waals surface area contributed by atoms with Crippen LogP contribution in [0.5, 0.6) is 0 Å². The Morgan fingerprint density at radius 3 is 2.32 bits per heavy atom. The van der Waals surface area contributed by atoms with Crippen LogP contribution in [0.1, 0.15) is 30.9 Å². The van der Waals surface area contributed by atoms with E-state index in [4.69, 9.17) is 5.73 Å². The summed E-state index contributed by atoms with van der Waals surface area (Å²) in [5, 5.41) is 2.83. The van der Waals surface area contributed by atoms with Crippen LogP contribution >= 0.6 is 12.4 Å². The second kappa shape index (κ2) is 10.0. The molecule has 1 heterocycles. The molecular formula is C20H26ClN3O3S. The minimum absolute atomic E-state index is 0. The fourth-order valence-corrected chi connectivity index (χ4v) is 5.01. The van der Waals surface area contributed by atoms with Gasteiger partial charge in [0, 0.05) is 19.1 Å². The summed E-state index contributed by atoms with van der Waals surface area (Å²) in [6, 6.07) is 16.7. The van der Waals surface area contributed by atoms with Crippen molar-refractivity contribution in [3.8, 4) is 0 Å². The smallest absolute Gasteiger partial charge is 0.243 e. The number of nitrogens with one attached hydrogen (secondary N) is 1. The Bertz CT molecular complexity index is 863. The van der Waals surface area contributed by atoms with E-state index in [0.717, 1.165) is 18.4 Å². The first-order chi connectivity index (χ1) is 13.0. The lowest BCUT2D eigenvalue weighted by molar-refractivity contribution is -0.125. The lowest BCUT2D eigenvalue weighted by atomic mass is 10.0. The number of hydrogen-bond acceptors (Lipinski definition) is 4. The minimum atomic E-state index is -3.71. The van der Waals surface area contributed by atoms with E-state index in [2.05, 4.69) is 5.32 Å². The SMILES string of the molecule is Cl.NC(CNC(=O)C1CCCCN1S(=O)(=O)c1ccccc1)c1ccccc1. The Hall–Kier alpha value is -1.93. The standard InChI is InChI=1S/C20H25N3O3S.ClH/c21-18(16-9-3-1-4-10-16)15-22-20(24)19-13-7-8-14-23(19)27(25,26)17-11-5-2-6-12-17;/h1-6,9-12,18-19H,7-8,13-15,21H2,(H,22,24);1H. The van der Waals surface area contributed by atoms with Crippen LogP contribution in [0.3, 0.4) is 0 Å². The van der Waals surface area contributed by atoms with Crippen molar-refractivity contribution >= 4 is 28.3 Å². The van der Waals surface area contributed by atoms with E-state index in [1.165, 1.54) is 4.31 Å². The predicted molar refractivity (Wildman–Crippen MR) is 112 cm³/mol. The number of carbonyl (C=O) groups is 1. The maximum absolute atomic E-state index is 13.0. The first-order valence-corrected chi connectivity index (χ1v) is 10.6. The van der Waals surface area contributed by atoms with Crippen molar-refractivity contribution in [1.82, 2.24) is 9.62 Å². The number of piperidine rings is 1. The highest BCUT2D eigenvalue weighted by atomic mass is 35.5. The van der Waals surface area contributed by atoms with Crippen molar-refractivity contribution in [2.24, 2.45) is 5.73 Å². The number of amides is 1. The normalized spacial score (nSPS) is 18.7. The first-order valence-electron chi connectivity index (χ1n) is 9.15. The van der Waals surface area contributed by atoms with Crippen molar-refractivity contribution in [2.75, 3.05) is 13.1 Å². The molecule has 1 amide bonds. The second-order valence-corrected chi connectivity index (χ2v) is 8.59. The summed E-state index contributed by atoms with van der Waals surface area (Å²) in [5.74, 6) is -0.291. The molecule has 1 aliphatic rings. The van der Waals surface area contributed by atoms with Gasteiger partial charge in [-0.05, 0) is 30.5 Å². The van der Waals surface area contributed by atoms with E-state index < -0.39 is 16.1 Å². The Labute approximate surface area is 172 Å². The number of halogens is 1. The number of carbonyl (C=O) groups excluding carboxylic acids is 1. The molecule has 152 valence electrons. The van der Waals surface area contributed by atoms with E-state index in [0.29, 0.717) is 13.0 Å². The van der Waals surface area contributed by atoms with Gasteiger partial charge in [0.15, 0.2) is 0 Å². The molecule has 0 aromatic heterocycles. The predicted octanol–water partition coefficient (Wildman–Crippen LogP) is 2.47. The van der Waals surface area contributed by atoms with Crippen molar-refractivity contribution in [1.29, 1.82) is 0 Å². The molecule has 2 unspecified atom stereocenters. The molecule has 0 radical (unpaired) electrons. The van der Waals surface area contributed by atoms with Gasteiger partial charge in [0.1, 0.15) is 6.04 Å². The lowest BCUT2D eigenvalue weighted by Crippen LogP contribution is -2.52. The molecule has 6 nitrogen and oxygen atoms in total. The maximum atomic E-state index is 13.0. The number of hydrogen-bond donors (Lipinski definition) is 2. The molecule has 0 aliphatic carbocycles. The number of nitrogens with zero attached hydrogens (tertiary/aromatic N) is 1. The zero-order valence-electron chi connectivity index (χ0n) is 15.5. The molecular weight excluding hydrogens is 398 g/mol. The van der Waals surface area contributed by atoms with Gasteiger partial charge >= 0.3 is 0 Å². The van der Waals surface area contributed by atoms with Crippen molar-refractivity contribution in [2.45, 2.75) is 36.2 Å². The second-order valence-electron chi connectivity index (χ2n) is 6.70. The molecule has 0 saturated carbocycles. The van der Waals surface area contributed by atoms with E-state index >= 15 is 0 Å². The molecule has 1 fully saturated rings. The third kappa shape index (κ3) is 5.11. The summed E-state index contributed by atoms with van der Waals surface area (Å²) >= 11 is 0. The minimum Gasteiger partial charge on any atom is -0.353 e. The highest BCUT2D eigenvalue weighted by Gasteiger charge is 2.37. The molecule has 2 aromatic rings. The summed E-state index contributed by atoms with van der Waals surface area (Å²) in [6.07, 6.45) is 2.08. The fourth-order valence-electron chi connectivity index (χ4n) is 3.33. The number of nitrogens with two attached hydrogens (primary N) is 1. The molecule has 8 heteroatoms. The van der Waals surface area contributed by atoms with E-state index in [1.54, 1.807) is 30.3 Å². The van der Waals surface area contributed by atoms with Gasteiger partial charge in [-0.25, -0.2) is 8.42 Å². The summed E-state index contributed by atoms with van der Waals surface area (Å²) in [4.78, 5) is 13.0. The molecule has 1 saturated heterocycles. The van der Waals surface area contributed by atoms with E-state index in [-0.39, 0.29) is 35.8 Å². The van der Waals surface area contributed by atoms with E-state index in [1.807, 2.05) is 30.3 Å². The molecule has 2 atom stereocenters. The molecule has 1 aliphatic heterocycles. The Morgan fingerprint density at radius 2 is 1.68 bits per heavy atom. The van der Waals surface area contributed by atoms with Gasteiger partial charge in [-0.2, -0.15) is 4.31 Å². The third-order valence-corrected chi connectivity index (χ3v) is 6.75. The zero-order chi connectivity index (χ0) is 19.3. The summed E-state index contributed by atoms with van der Waals surface area (Å²) < 4.78 is 27.3. The Balaban J connectivity index is 0.00000280. The van der Waals surface area contributed by atoms with E-state index in [9.17, 15) is 13.2 Å². The van der Waals surface area contributed by atoms with Crippen LogP contribution < -0.4 is 11.1 Å².